The Morgan fingerprint density at radius 1 is 1.56 bits per heavy atom. The van der Waals surface area contributed by atoms with E-state index in [0.29, 0.717) is 11.1 Å². The van der Waals surface area contributed by atoms with Crippen molar-refractivity contribution in [2.24, 2.45) is 5.73 Å². The van der Waals surface area contributed by atoms with Gasteiger partial charge in [0.15, 0.2) is 5.72 Å². The molecular formula is C11H16ClNO3. The zero-order valence-electron chi connectivity index (χ0n) is 9.21. The molecule has 3 N–H and O–H groups in total. The quantitative estimate of drug-likeness (QED) is 0.615. The van der Waals surface area contributed by atoms with Crippen molar-refractivity contribution in [3.05, 3.63) is 35.4 Å². The molecule has 0 aliphatic rings. The number of rotatable bonds is 4. The normalized spacial score (nSPS) is 15.8. The van der Waals surface area contributed by atoms with Gasteiger partial charge in [0, 0.05) is 18.2 Å². The fraction of sp³-hybridized carbons (Fsp3) is 0.364. The van der Waals surface area contributed by atoms with Crippen LogP contribution in [0.4, 0.5) is 0 Å². The molecule has 0 bridgehead atoms. The van der Waals surface area contributed by atoms with Crippen LogP contribution in [-0.2, 0) is 10.5 Å². The summed E-state index contributed by atoms with van der Waals surface area (Å²) in [5.74, 6) is 0. The van der Waals surface area contributed by atoms with Gasteiger partial charge in [0.1, 0.15) is 6.29 Å². The van der Waals surface area contributed by atoms with Gasteiger partial charge < -0.3 is 9.84 Å². The predicted molar refractivity (Wildman–Crippen MR) is 63.6 cm³/mol. The minimum absolute atomic E-state index is 0. The maximum absolute atomic E-state index is 10.6. The zero-order valence-corrected chi connectivity index (χ0v) is 10.0. The SMILES string of the molecule is CO[C@@](N)(c1cccc(C=O)c1)[C@H](C)O.Cl. The van der Waals surface area contributed by atoms with Crippen LogP contribution in [0.2, 0.25) is 0 Å². The van der Waals surface area contributed by atoms with E-state index in [1.807, 2.05) is 0 Å². The van der Waals surface area contributed by atoms with E-state index in [1.54, 1.807) is 24.3 Å². The highest BCUT2D eigenvalue weighted by Crippen LogP contribution is 2.23. The number of aliphatic hydroxyl groups is 1. The van der Waals surface area contributed by atoms with Crippen LogP contribution in [0.3, 0.4) is 0 Å². The van der Waals surface area contributed by atoms with Crippen molar-refractivity contribution in [1.29, 1.82) is 0 Å². The lowest BCUT2D eigenvalue weighted by molar-refractivity contribution is -0.0970. The van der Waals surface area contributed by atoms with Crippen LogP contribution in [0, 0.1) is 0 Å². The molecule has 16 heavy (non-hydrogen) atoms. The lowest BCUT2D eigenvalue weighted by Gasteiger charge is -2.31. The van der Waals surface area contributed by atoms with E-state index < -0.39 is 11.8 Å². The number of carbonyl (C=O) groups is 1. The molecule has 0 amide bonds. The van der Waals surface area contributed by atoms with E-state index in [-0.39, 0.29) is 12.4 Å². The summed E-state index contributed by atoms with van der Waals surface area (Å²) in [5, 5.41) is 9.55. The summed E-state index contributed by atoms with van der Waals surface area (Å²) < 4.78 is 5.10. The second-order valence-electron chi connectivity index (χ2n) is 3.42. The summed E-state index contributed by atoms with van der Waals surface area (Å²) in [5.41, 5.74) is 5.69. The first-order chi connectivity index (χ1) is 7.04. The van der Waals surface area contributed by atoms with Gasteiger partial charge in [-0.25, -0.2) is 0 Å². The largest absolute Gasteiger partial charge is 0.389 e. The molecule has 5 heteroatoms. The molecule has 0 aliphatic carbocycles. The van der Waals surface area contributed by atoms with Crippen LogP contribution in [0.5, 0.6) is 0 Å². The van der Waals surface area contributed by atoms with E-state index in [4.69, 9.17) is 10.5 Å². The summed E-state index contributed by atoms with van der Waals surface area (Å²) in [4.78, 5) is 10.6. The van der Waals surface area contributed by atoms with E-state index in [9.17, 15) is 9.90 Å². The highest BCUT2D eigenvalue weighted by Gasteiger charge is 2.32. The maximum atomic E-state index is 10.6. The molecule has 0 aromatic heterocycles. The standard InChI is InChI=1S/C11H15NO3.ClH/c1-8(14)11(12,15-2)10-5-3-4-9(6-10)7-13;/h3-8,14H,12H2,1-2H3;1H/t8-,11+;/m0./s1. The molecule has 90 valence electrons. The highest BCUT2D eigenvalue weighted by atomic mass is 35.5. The Hall–Kier alpha value is -0.940. The van der Waals surface area contributed by atoms with Crippen molar-refractivity contribution in [2.45, 2.75) is 18.8 Å². The lowest BCUT2D eigenvalue weighted by atomic mass is 9.97. The molecule has 2 atom stereocenters. The molecule has 0 saturated heterocycles. The maximum Gasteiger partial charge on any atom is 0.168 e. The number of hydrogen-bond acceptors (Lipinski definition) is 4. The van der Waals surface area contributed by atoms with E-state index in [1.165, 1.54) is 14.0 Å². The molecule has 0 fully saturated rings. The van der Waals surface area contributed by atoms with Crippen LogP contribution in [0.15, 0.2) is 24.3 Å². The van der Waals surface area contributed by atoms with Gasteiger partial charge in [-0.1, -0.05) is 18.2 Å². The van der Waals surface area contributed by atoms with Gasteiger partial charge in [-0.3, -0.25) is 10.5 Å². The Bertz CT molecular complexity index is 357. The van der Waals surface area contributed by atoms with Gasteiger partial charge >= 0.3 is 0 Å². The Morgan fingerprint density at radius 3 is 2.62 bits per heavy atom. The van der Waals surface area contributed by atoms with Gasteiger partial charge in [-0.2, -0.15) is 0 Å². The molecule has 0 radical (unpaired) electrons. The Morgan fingerprint density at radius 2 is 2.19 bits per heavy atom. The topological polar surface area (TPSA) is 72.5 Å². The third-order valence-electron chi connectivity index (χ3n) is 2.43. The van der Waals surface area contributed by atoms with Gasteiger partial charge in [0.05, 0.1) is 6.10 Å². The highest BCUT2D eigenvalue weighted by molar-refractivity contribution is 5.85. The second kappa shape index (κ2) is 5.96. The number of hydrogen-bond donors (Lipinski definition) is 2. The summed E-state index contributed by atoms with van der Waals surface area (Å²) in [6.07, 6.45) is -0.147. The van der Waals surface area contributed by atoms with Crippen molar-refractivity contribution in [1.82, 2.24) is 0 Å². The molecule has 0 aliphatic heterocycles. The van der Waals surface area contributed by atoms with Crippen molar-refractivity contribution in [3.63, 3.8) is 0 Å². The minimum atomic E-state index is -1.28. The average Bonchev–Trinajstić information content (AvgIpc) is 2.27. The summed E-state index contributed by atoms with van der Waals surface area (Å²) in [6, 6.07) is 6.67. The van der Waals surface area contributed by atoms with Crippen LogP contribution < -0.4 is 5.73 Å². The third kappa shape index (κ3) is 2.80. The smallest absolute Gasteiger partial charge is 0.168 e. The first kappa shape index (κ1) is 15.1. The summed E-state index contributed by atoms with van der Waals surface area (Å²) in [7, 11) is 1.42. The van der Waals surface area contributed by atoms with Gasteiger partial charge in [-0.15, -0.1) is 12.4 Å². The molecule has 0 unspecified atom stereocenters. The van der Waals surface area contributed by atoms with Crippen molar-refractivity contribution >= 4 is 18.7 Å². The Kier molecular flexibility index (Phi) is 5.61. The number of benzene rings is 1. The zero-order chi connectivity index (χ0) is 11.5. The Balaban J connectivity index is 0.00000225. The fourth-order valence-electron chi connectivity index (χ4n) is 1.38. The van der Waals surface area contributed by atoms with Gasteiger partial charge in [0.2, 0.25) is 0 Å². The number of halogens is 1. The van der Waals surface area contributed by atoms with Crippen molar-refractivity contribution < 1.29 is 14.6 Å². The number of carbonyl (C=O) groups excluding carboxylic acids is 1. The minimum Gasteiger partial charge on any atom is -0.389 e. The number of methoxy groups -OCH3 is 1. The average molecular weight is 246 g/mol. The van der Waals surface area contributed by atoms with Crippen LogP contribution in [0.25, 0.3) is 0 Å². The van der Waals surface area contributed by atoms with Crippen molar-refractivity contribution in [2.75, 3.05) is 7.11 Å². The van der Waals surface area contributed by atoms with E-state index in [0.717, 1.165) is 6.29 Å². The summed E-state index contributed by atoms with van der Waals surface area (Å²) >= 11 is 0. The Labute approximate surface area is 101 Å². The molecule has 4 nitrogen and oxygen atoms in total. The molecule has 1 aromatic carbocycles. The van der Waals surface area contributed by atoms with Crippen molar-refractivity contribution in [3.8, 4) is 0 Å². The van der Waals surface area contributed by atoms with Crippen LogP contribution >= 0.6 is 12.4 Å². The molecular weight excluding hydrogens is 230 g/mol. The molecule has 1 rings (SSSR count). The molecule has 0 heterocycles. The number of ether oxygens (including phenoxy) is 1. The molecule has 0 spiro atoms. The van der Waals surface area contributed by atoms with Crippen LogP contribution in [-0.4, -0.2) is 24.6 Å². The lowest BCUT2D eigenvalue weighted by Crippen LogP contribution is -2.48. The number of aliphatic hydroxyl groups excluding tert-OH is 1. The predicted octanol–water partition coefficient (Wildman–Crippen LogP) is 1.06. The molecule has 1 aromatic rings. The monoisotopic (exact) mass is 245 g/mol. The second-order valence-corrected chi connectivity index (χ2v) is 3.42. The van der Waals surface area contributed by atoms with Gasteiger partial charge in [-0.05, 0) is 13.0 Å². The molecule has 0 saturated carbocycles. The first-order valence-corrected chi connectivity index (χ1v) is 4.62. The van der Waals surface area contributed by atoms with E-state index >= 15 is 0 Å². The number of aldehydes is 1. The summed E-state index contributed by atoms with van der Waals surface area (Å²) in [6.45, 7) is 1.54. The van der Waals surface area contributed by atoms with E-state index in [2.05, 4.69) is 0 Å². The van der Waals surface area contributed by atoms with Gasteiger partial charge in [0.25, 0.3) is 0 Å². The first-order valence-electron chi connectivity index (χ1n) is 4.62. The van der Waals surface area contributed by atoms with Crippen LogP contribution in [0.1, 0.15) is 22.8 Å². The number of nitrogens with two attached hydrogens (primary N) is 1. The third-order valence-corrected chi connectivity index (χ3v) is 2.43. The fourth-order valence-corrected chi connectivity index (χ4v) is 1.38.